The van der Waals surface area contributed by atoms with E-state index < -0.39 is 5.24 Å². The maximum absolute atomic E-state index is 13.2. The van der Waals surface area contributed by atoms with Crippen molar-refractivity contribution < 1.29 is 57.3 Å². The second kappa shape index (κ2) is 45.5. The van der Waals surface area contributed by atoms with Crippen molar-refractivity contribution in [1.29, 1.82) is 0 Å². The Kier molecular flexibility index (Phi) is 35.9. The van der Waals surface area contributed by atoms with Gasteiger partial charge in [-0.1, -0.05) is 121 Å². The van der Waals surface area contributed by atoms with E-state index in [0.29, 0.717) is 110 Å². The van der Waals surface area contributed by atoms with Crippen LogP contribution in [-0.4, -0.2) is 203 Å². The summed E-state index contributed by atoms with van der Waals surface area (Å²) in [6, 6.07) is 28.7. The van der Waals surface area contributed by atoms with E-state index in [1.807, 2.05) is 36.4 Å². The molecule has 2 fully saturated rings. The number of aromatic nitrogens is 6. The molecule has 11 rings (SSSR count). The number of ether oxygens (including phenoxy) is 6. The average molecular weight is 1780 g/mol. The molecule has 2 aliphatic heterocycles. The van der Waals surface area contributed by atoms with Gasteiger partial charge in [0.15, 0.2) is 0 Å². The average Bonchev–Trinajstić information content (AvgIpc) is 0.760. The summed E-state index contributed by atoms with van der Waals surface area (Å²) >= 11 is 43.4. The Morgan fingerprint density at radius 3 is 1.12 bits per heavy atom. The number of para-hydroxylation sites is 1. The van der Waals surface area contributed by atoms with Crippen LogP contribution in [-0.2, 0) is 62.5 Å². The normalized spacial score (nSPS) is 12.5. The number of carbonyl (C=O) groups excluding carboxylic acids is 5. The molecule has 0 atom stereocenters. The third kappa shape index (κ3) is 24.9. The largest absolute Gasteiger partial charge is 0.495 e. The molecule has 0 bridgehead atoms. The standard InChI is InChI=1S/C28H32Cl2N6O5.C28H34Cl2N6O3.C25H24Cl2N4O4.C3H3ClO/c1-5-34-8-10-35(11-9-34)20-7-6-18(22(14-20)36(38)39)12-19-13-25(32-17-31-19)33(2)26(37)15-21-27(29)23(40-3)16-24(41-4)28(21)30;1-5-35-8-10-36(11-9-35)20-7-6-18(22(31)14-20)12-19-13-25(33-17-32-19)34(2)26(37)15-21-27(29)23(38-3)16-24(39-4)28(21)30;1-5-22(32)30-18-9-7-6-8-15(18)10-16-11-21(29-14-28-16)31(2)23(33)12-17-24(26)19(34-3)13-20(35-4)25(17)27;1-2-3(4)5/h6-7,13-14,16-17H,5,8-12,15H2,1-4H3;6-7,13-14,16-17H,5,8-12,15,31H2,1-4H3;5-9,11,13-14H,1,10,12H2,2-4H3,(H,30,32);2H,1H2. The topological polar surface area (TPSA) is 322 Å². The third-order valence-electron chi connectivity index (χ3n) is 19.8. The minimum atomic E-state index is -0.509. The number of carbonyl (C=O) groups is 5. The number of anilines is 7. The van der Waals surface area contributed by atoms with Crippen LogP contribution < -0.4 is 64.0 Å². The first-order valence-corrected chi connectivity index (χ1v) is 40.0. The zero-order valence-electron chi connectivity index (χ0n) is 68.1. The molecule has 636 valence electrons. The van der Waals surface area contributed by atoms with Crippen LogP contribution in [0.1, 0.15) is 64.3 Å². The number of nitrogen functional groups attached to an aromatic ring is 1. The van der Waals surface area contributed by atoms with Crippen LogP contribution in [0.15, 0.2) is 141 Å². The summed E-state index contributed by atoms with van der Waals surface area (Å²) in [4.78, 5) is 112. The molecular weight excluding hydrogens is 1690 g/mol. The molecule has 0 radical (unpaired) electrons. The zero-order chi connectivity index (χ0) is 87.6. The van der Waals surface area contributed by atoms with Crippen LogP contribution in [0.25, 0.3) is 0 Å². The number of methoxy groups -OCH3 is 6. The Bertz CT molecular complexity index is 5090. The summed E-state index contributed by atoms with van der Waals surface area (Å²) < 4.78 is 31.8. The number of halogens is 7. The summed E-state index contributed by atoms with van der Waals surface area (Å²) in [5.41, 5.74) is 15.2. The van der Waals surface area contributed by atoms with E-state index in [-0.39, 0.29) is 90.1 Å². The number of hydrogen-bond donors (Lipinski definition) is 2. The van der Waals surface area contributed by atoms with E-state index in [2.05, 4.69) is 87.9 Å². The summed E-state index contributed by atoms with van der Waals surface area (Å²) in [5.74, 6) is 2.09. The highest BCUT2D eigenvalue weighted by molar-refractivity contribution is 6.66. The number of hydrogen-bond acceptors (Lipinski definition) is 24. The quantitative estimate of drug-likeness (QED) is 0.0145. The zero-order valence-corrected chi connectivity index (χ0v) is 73.4. The van der Waals surface area contributed by atoms with Gasteiger partial charge in [0.05, 0.1) is 114 Å². The van der Waals surface area contributed by atoms with Gasteiger partial charge < -0.3 is 59.1 Å². The molecule has 2 saturated heterocycles. The molecule has 0 unspecified atom stereocenters. The van der Waals surface area contributed by atoms with Crippen molar-refractivity contribution in [2.45, 2.75) is 52.4 Å². The Balaban J connectivity index is 0.000000218. The van der Waals surface area contributed by atoms with Gasteiger partial charge in [-0.25, -0.2) is 29.9 Å². The van der Waals surface area contributed by atoms with Gasteiger partial charge in [0.2, 0.25) is 28.9 Å². The Labute approximate surface area is 731 Å². The second-order valence-electron chi connectivity index (χ2n) is 26.8. The maximum atomic E-state index is 13.2. The molecule has 9 aromatic rings. The van der Waals surface area contributed by atoms with Gasteiger partial charge in [-0.3, -0.25) is 48.8 Å². The molecule has 4 amide bonds. The third-order valence-corrected chi connectivity index (χ3v) is 22.4. The predicted octanol–water partition coefficient (Wildman–Crippen LogP) is 14.6. The van der Waals surface area contributed by atoms with Crippen molar-refractivity contribution >= 4 is 156 Å². The number of allylic oxidation sites excluding steroid dienone is 1. The number of piperazine rings is 2. The molecule has 5 heterocycles. The molecule has 29 nitrogen and oxygen atoms in total. The predicted molar refractivity (Wildman–Crippen MR) is 473 cm³/mol. The van der Waals surface area contributed by atoms with Crippen molar-refractivity contribution in [1.82, 2.24) is 39.7 Å². The number of rotatable bonds is 29. The minimum absolute atomic E-state index is 0.0290. The number of amides is 4. The van der Waals surface area contributed by atoms with E-state index in [9.17, 15) is 34.1 Å². The molecule has 3 N–H and O–H groups in total. The van der Waals surface area contributed by atoms with Crippen molar-refractivity contribution in [3.8, 4) is 34.5 Å². The lowest BCUT2D eigenvalue weighted by atomic mass is 10.1. The number of likely N-dealkylation sites (N-methyl/N-ethyl adjacent to an activating group) is 5. The first kappa shape index (κ1) is 94.6. The van der Waals surface area contributed by atoms with Gasteiger partial charge in [0, 0.05) is 180 Å². The summed E-state index contributed by atoms with van der Waals surface area (Å²) in [6.07, 6.45) is 7.22. The van der Waals surface area contributed by atoms with Gasteiger partial charge in [0.25, 0.3) is 5.69 Å². The maximum Gasteiger partial charge on any atom is 0.275 e. The Hall–Kier alpha value is -10.9. The highest BCUT2D eigenvalue weighted by Gasteiger charge is 2.29. The van der Waals surface area contributed by atoms with Crippen molar-refractivity contribution in [2.75, 3.05) is 165 Å². The summed E-state index contributed by atoms with van der Waals surface area (Å²) in [6.45, 7) is 20.5. The van der Waals surface area contributed by atoms with Crippen LogP contribution in [0.2, 0.25) is 30.1 Å². The fraction of sp³-hybridized carbons (Fsp3) is 0.321. The van der Waals surface area contributed by atoms with Gasteiger partial charge in [-0.15, -0.1) is 0 Å². The lowest BCUT2D eigenvalue weighted by Crippen LogP contribution is -2.46. The monoisotopic (exact) mass is 1780 g/mol. The van der Waals surface area contributed by atoms with Gasteiger partial charge >= 0.3 is 0 Å². The molecule has 36 heteroatoms. The van der Waals surface area contributed by atoms with Gasteiger partial charge in [0.1, 0.15) is 70.9 Å². The van der Waals surface area contributed by atoms with E-state index in [0.717, 1.165) is 99.7 Å². The highest BCUT2D eigenvalue weighted by Crippen LogP contribution is 2.44. The van der Waals surface area contributed by atoms with Gasteiger partial charge in [-0.2, -0.15) is 0 Å². The molecule has 6 aromatic carbocycles. The molecule has 0 saturated carbocycles. The summed E-state index contributed by atoms with van der Waals surface area (Å²) in [5, 5.41) is 15.7. The second-order valence-corrected chi connectivity index (χ2v) is 29.5. The molecular formula is C84H93Cl7N16O13. The van der Waals surface area contributed by atoms with Crippen molar-refractivity contribution in [2.24, 2.45) is 0 Å². The van der Waals surface area contributed by atoms with E-state index in [1.54, 1.807) is 75.7 Å². The fourth-order valence-electron chi connectivity index (χ4n) is 12.7. The number of benzene rings is 6. The molecule has 2 aliphatic rings. The van der Waals surface area contributed by atoms with Crippen LogP contribution in [0, 0.1) is 10.1 Å². The van der Waals surface area contributed by atoms with Crippen LogP contribution in [0.5, 0.6) is 34.5 Å². The molecule has 120 heavy (non-hydrogen) atoms. The number of nitrogens with two attached hydrogens (primary N) is 1. The number of nitrogens with zero attached hydrogens (tertiary/aromatic N) is 14. The van der Waals surface area contributed by atoms with E-state index >= 15 is 0 Å². The van der Waals surface area contributed by atoms with Crippen LogP contribution in [0.3, 0.4) is 0 Å². The SMILES string of the molecule is C=CC(=O)Cl.C=CC(=O)Nc1ccccc1Cc1cc(N(C)C(=O)Cc2c(Cl)c(OC)cc(OC)c2Cl)ncn1.CCN1CCN(c2ccc(Cc3cc(N(C)C(=O)Cc4c(Cl)c(OC)cc(OC)c4Cl)ncn3)c(N)c2)CC1.CCN1CCN(c2ccc(Cc3cc(N(C)C(=O)Cc4c(Cl)c(OC)cc(OC)c4Cl)ncn3)c([N+](=O)[O-])c2)CC1. The molecule has 3 aromatic heterocycles. The summed E-state index contributed by atoms with van der Waals surface area (Å²) in [7, 11) is 13.7. The Morgan fingerprint density at radius 2 is 0.800 bits per heavy atom. The highest BCUT2D eigenvalue weighted by atomic mass is 35.5. The van der Waals surface area contributed by atoms with Gasteiger partial charge in [-0.05, 0) is 78.3 Å². The smallest absolute Gasteiger partial charge is 0.275 e. The van der Waals surface area contributed by atoms with Crippen LogP contribution in [0.4, 0.5) is 45.9 Å². The fourth-order valence-corrected chi connectivity index (χ4v) is 14.6. The van der Waals surface area contributed by atoms with Crippen molar-refractivity contribution in [3.05, 3.63) is 232 Å². The molecule has 0 aliphatic carbocycles. The van der Waals surface area contributed by atoms with E-state index in [4.69, 9.17) is 115 Å². The number of nitro benzene ring substituents is 1. The lowest BCUT2D eigenvalue weighted by Gasteiger charge is -2.35. The van der Waals surface area contributed by atoms with E-state index in [1.165, 1.54) is 82.4 Å². The first-order valence-electron chi connectivity index (χ1n) is 37.4. The molecule has 0 spiro atoms. The lowest BCUT2D eigenvalue weighted by molar-refractivity contribution is -0.385. The number of nitrogens with one attached hydrogen (secondary N) is 1. The Morgan fingerprint density at radius 1 is 0.475 bits per heavy atom. The van der Waals surface area contributed by atoms with Crippen LogP contribution >= 0.6 is 81.2 Å². The minimum Gasteiger partial charge on any atom is -0.495 e. The number of nitro groups is 1. The van der Waals surface area contributed by atoms with Crippen molar-refractivity contribution in [3.63, 3.8) is 0 Å². The first-order chi connectivity index (χ1) is 57.5.